The number of nitrogens with one attached hydrogen (secondary N) is 1. The molecule has 2 amide bonds. The lowest BCUT2D eigenvalue weighted by Gasteiger charge is -2.43. The van der Waals surface area contributed by atoms with Crippen molar-refractivity contribution in [2.24, 2.45) is 5.92 Å². The van der Waals surface area contributed by atoms with Gasteiger partial charge in [-0.25, -0.2) is 0 Å². The number of amides is 2. The average molecular weight is 393 g/mol. The van der Waals surface area contributed by atoms with Crippen LogP contribution in [0.4, 0.5) is 0 Å². The third kappa shape index (κ3) is 4.14. The third-order valence-electron chi connectivity index (χ3n) is 5.91. The molecule has 1 N–H and O–H groups in total. The Hall–Kier alpha value is -1.59. The number of benzene rings is 1. The zero-order chi connectivity index (χ0) is 19.6. The zero-order valence-corrected chi connectivity index (χ0v) is 17.1. The molecule has 1 heterocycles. The molecule has 1 spiro atoms. The summed E-state index contributed by atoms with van der Waals surface area (Å²) in [6, 6.07) is 6.35. The first-order chi connectivity index (χ1) is 12.9. The maximum absolute atomic E-state index is 13.4. The second-order valence-electron chi connectivity index (χ2n) is 7.96. The summed E-state index contributed by atoms with van der Waals surface area (Å²) >= 11 is 6.10. The van der Waals surface area contributed by atoms with Crippen molar-refractivity contribution in [3.63, 3.8) is 0 Å². The van der Waals surface area contributed by atoms with E-state index >= 15 is 0 Å². The van der Waals surface area contributed by atoms with E-state index in [2.05, 4.69) is 12.2 Å². The highest BCUT2D eigenvalue weighted by molar-refractivity contribution is 6.31. The van der Waals surface area contributed by atoms with Crippen molar-refractivity contribution in [3.8, 4) is 0 Å². The summed E-state index contributed by atoms with van der Waals surface area (Å²) in [5.41, 5.74) is -0.198. The van der Waals surface area contributed by atoms with E-state index in [4.69, 9.17) is 16.3 Å². The molecule has 1 aliphatic heterocycles. The first-order valence-electron chi connectivity index (χ1n) is 9.90. The first kappa shape index (κ1) is 20.2. The van der Waals surface area contributed by atoms with Crippen molar-refractivity contribution in [3.05, 3.63) is 34.9 Å². The number of ether oxygens (including phenoxy) is 1. The molecule has 27 heavy (non-hydrogen) atoms. The lowest BCUT2D eigenvalue weighted by atomic mass is 9.83. The van der Waals surface area contributed by atoms with Crippen molar-refractivity contribution in [1.29, 1.82) is 0 Å². The SMILES string of the molecule is CC[C@@H](C)NC(=O)[C@@H]1COC2(CCC(C)CC2)N1C(=O)c1cccc(Cl)c1. The van der Waals surface area contributed by atoms with Gasteiger partial charge in [0, 0.05) is 16.6 Å². The predicted molar refractivity (Wildman–Crippen MR) is 106 cm³/mol. The van der Waals surface area contributed by atoms with E-state index < -0.39 is 11.8 Å². The molecule has 2 fully saturated rings. The molecule has 3 rings (SSSR count). The van der Waals surface area contributed by atoms with Gasteiger partial charge in [0.25, 0.3) is 5.91 Å². The van der Waals surface area contributed by atoms with Crippen molar-refractivity contribution in [1.82, 2.24) is 10.2 Å². The van der Waals surface area contributed by atoms with Gasteiger partial charge in [-0.1, -0.05) is 31.5 Å². The van der Waals surface area contributed by atoms with Crippen LogP contribution in [-0.4, -0.2) is 41.1 Å². The number of carbonyl (C=O) groups excluding carboxylic acids is 2. The lowest BCUT2D eigenvalue weighted by molar-refractivity contribution is -0.128. The molecular weight excluding hydrogens is 364 g/mol. The minimum Gasteiger partial charge on any atom is -0.353 e. The van der Waals surface area contributed by atoms with Crippen LogP contribution in [0.1, 0.15) is 63.2 Å². The van der Waals surface area contributed by atoms with Gasteiger partial charge in [0.1, 0.15) is 11.8 Å². The Labute approximate surface area is 166 Å². The molecule has 1 saturated heterocycles. The number of hydrogen-bond acceptors (Lipinski definition) is 3. The largest absolute Gasteiger partial charge is 0.353 e. The summed E-state index contributed by atoms with van der Waals surface area (Å²) < 4.78 is 6.18. The molecular formula is C21H29ClN2O3. The molecule has 0 aromatic heterocycles. The predicted octanol–water partition coefficient (Wildman–Crippen LogP) is 4.00. The maximum atomic E-state index is 13.4. The second-order valence-corrected chi connectivity index (χ2v) is 8.40. The highest BCUT2D eigenvalue weighted by Crippen LogP contribution is 2.43. The monoisotopic (exact) mass is 392 g/mol. The Kier molecular flexibility index (Phi) is 6.11. The third-order valence-corrected chi connectivity index (χ3v) is 6.15. The van der Waals surface area contributed by atoms with Crippen LogP contribution in [0.25, 0.3) is 0 Å². The van der Waals surface area contributed by atoms with Crippen LogP contribution in [0.5, 0.6) is 0 Å². The Balaban J connectivity index is 1.92. The van der Waals surface area contributed by atoms with E-state index in [0.717, 1.165) is 32.1 Å². The number of rotatable bonds is 4. The lowest BCUT2D eigenvalue weighted by Crippen LogP contribution is -2.57. The van der Waals surface area contributed by atoms with E-state index in [9.17, 15) is 9.59 Å². The van der Waals surface area contributed by atoms with Crippen molar-refractivity contribution in [2.45, 2.75) is 70.7 Å². The molecule has 5 nitrogen and oxygen atoms in total. The van der Waals surface area contributed by atoms with Gasteiger partial charge in [-0.2, -0.15) is 0 Å². The molecule has 0 unspecified atom stereocenters. The van der Waals surface area contributed by atoms with Crippen LogP contribution in [0.2, 0.25) is 5.02 Å². The van der Waals surface area contributed by atoms with Crippen LogP contribution < -0.4 is 5.32 Å². The van der Waals surface area contributed by atoms with E-state index in [1.54, 1.807) is 29.2 Å². The molecule has 2 atom stereocenters. The molecule has 1 saturated carbocycles. The van der Waals surface area contributed by atoms with E-state index in [1.165, 1.54) is 0 Å². The van der Waals surface area contributed by atoms with E-state index in [1.807, 2.05) is 13.8 Å². The van der Waals surface area contributed by atoms with Gasteiger partial charge in [-0.15, -0.1) is 0 Å². The first-order valence-corrected chi connectivity index (χ1v) is 10.3. The van der Waals surface area contributed by atoms with Gasteiger partial charge < -0.3 is 10.1 Å². The van der Waals surface area contributed by atoms with Crippen LogP contribution in [0.3, 0.4) is 0 Å². The van der Waals surface area contributed by atoms with E-state index in [0.29, 0.717) is 16.5 Å². The maximum Gasteiger partial charge on any atom is 0.256 e. The fraction of sp³-hybridized carbons (Fsp3) is 0.619. The summed E-state index contributed by atoms with van der Waals surface area (Å²) in [6.45, 7) is 6.45. The number of hydrogen-bond donors (Lipinski definition) is 1. The summed E-state index contributed by atoms with van der Waals surface area (Å²) in [7, 11) is 0. The Morgan fingerprint density at radius 1 is 1.37 bits per heavy atom. The van der Waals surface area contributed by atoms with Crippen molar-refractivity contribution in [2.75, 3.05) is 6.61 Å². The number of halogens is 1. The summed E-state index contributed by atoms with van der Waals surface area (Å²) in [4.78, 5) is 28.0. The Morgan fingerprint density at radius 2 is 2.07 bits per heavy atom. The highest BCUT2D eigenvalue weighted by Gasteiger charge is 2.53. The van der Waals surface area contributed by atoms with Gasteiger partial charge in [-0.3, -0.25) is 14.5 Å². The molecule has 0 radical (unpaired) electrons. The van der Waals surface area contributed by atoms with E-state index in [-0.39, 0.29) is 24.5 Å². The van der Waals surface area contributed by atoms with Crippen LogP contribution in [-0.2, 0) is 9.53 Å². The quantitative estimate of drug-likeness (QED) is 0.842. The molecule has 1 aliphatic carbocycles. The molecule has 0 bridgehead atoms. The smallest absolute Gasteiger partial charge is 0.256 e. The van der Waals surface area contributed by atoms with Crippen molar-refractivity contribution >= 4 is 23.4 Å². The highest BCUT2D eigenvalue weighted by atomic mass is 35.5. The fourth-order valence-corrected chi connectivity index (χ4v) is 4.17. The molecule has 1 aromatic rings. The topological polar surface area (TPSA) is 58.6 Å². The average Bonchev–Trinajstić information content (AvgIpc) is 3.02. The summed E-state index contributed by atoms with van der Waals surface area (Å²) in [5.74, 6) is 0.277. The fourth-order valence-electron chi connectivity index (χ4n) is 3.98. The number of nitrogens with zero attached hydrogens (tertiary/aromatic N) is 1. The standard InChI is InChI=1S/C21H29ClN2O3/c1-4-15(3)23-19(25)18-13-27-21(10-8-14(2)9-11-21)24(18)20(26)16-6-5-7-17(22)12-16/h5-7,12,14-15,18H,4,8-11,13H2,1-3H3,(H,23,25)/t14?,15-,18+,21?/m1/s1. The van der Waals surface area contributed by atoms with Crippen LogP contribution in [0, 0.1) is 5.92 Å². The molecule has 6 heteroatoms. The Morgan fingerprint density at radius 3 is 2.70 bits per heavy atom. The van der Waals surface area contributed by atoms with Gasteiger partial charge >= 0.3 is 0 Å². The Bertz CT molecular complexity index is 700. The van der Waals surface area contributed by atoms with Gasteiger partial charge in [0.05, 0.1) is 6.61 Å². The zero-order valence-electron chi connectivity index (χ0n) is 16.3. The van der Waals surface area contributed by atoms with Crippen LogP contribution in [0.15, 0.2) is 24.3 Å². The van der Waals surface area contributed by atoms with Gasteiger partial charge in [0.2, 0.25) is 5.91 Å². The van der Waals surface area contributed by atoms with Gasteiger partial charge in [0.15, 0.2) is 0 Å². The summed E-state index contributed by atoms with van der Waals surface area (Å²) in [6.07, 6.45) is 4.32. The number of carbonyl (C=O) groups is 2. The summed E-state index contributed by atoms with van der Waals surface area (Å²) in [5, 5.41) is 3.52. The van der Waals surface area contributed by atoms with Crippen LogP contribution >= 0.6 is 11.6 Å². The minimum absolute atomic E-state index is 0.0588. The molecule has 2 aliphatic rings. The minimum atomic E-state index is -0.691. The van der Waals surface area contributed by atoms with Crippen molar-refractivity contribution < 1.29 is 14.3 Å². The molecule has 148 valence electrons. The molecule has 1 aromatic carbocycles. The van der Waals surface area contributed by atoms with Gasteiger partial charge in [-0.05, 0) is 63.1 Å². The normalized spacial score (nSPS) is 29.0. The second kappa shape index (κ2) is 8.19.